The fraction of sp³-hybridized carbons (Fsp3) is 0.333. The van der Waals surface area contributed by atoms with Crippen LogP contribution in [0.4, 0.5) is 5.69 Å². The molecule has 0 aliphatic carbocycles. The number of carbonyl (C=O) groups excluding carboxylic acids is 4. The number of benzene rings is 1. The van der Waals surface area contributed by atoms with Gasteiger partial charge in [-0.2, -0.15) is 0 Å². The third-order valence-electron chi connectivity index (χ3n) is 4.55. The van der Waals surface area contributed by atoms with Gasteiger partial charge in [0, 0.05) is 15.9 Å². The maximum absolute atomic E-state index is 12.9. The summed E-state index contributed by atoms with van der Waals surface area (Å²) in [5.41, 5.74) is 1.96. The first-order chi connectivity index (χ1) is 14.6. The summed E-state index contributed by atoms with van der Waals surface area (Å²) in [5, 5.41) is 5.49. The third kappa shape index (κ3) is 5.52. The van der Waals surface area contributed by atoms with E-state index in [2.05, 4.69) is 26.6 Å². The lowest BCUT2D eigenvalue weighted by molar-refractivity contribution is -0.152. The fourth-order valence-electron chi connectivity index (χ4n) is 3.12. The molecule has 1 heterocycles. The zero-order chi connectivity index (χ0) is 23.3. The Hall–Kier alpha value is -3.14. The van der Waals surface area contributed by atoms with Crippen LogP contribution in [0.15, 0.2) is 45.2 Å². The lowest BCUT2D eigenvalue weighted by Crippen LogP contribution is -2.38. The van der Waals surface area contributed by atoms with Crippen molar-refractivity contribution in [1.29, 1.82) is 0 Å². The highest BCUT2D eigenvalue weighted by atomic mass is 79.9. The molecule has 1 aromatic rings. The summed E-state index contributed by atoms with van der Waals surface area (Å²) in [4.78, 5) is 49.8. The second-order valence-electron chi connectivity index (χ2n) is 6.76. The number of aryl methyl sites for hydroxylation is 1. The number of methoxy groups -OCH3 is 2. The van der Waals surface area contributed by atoms with E-state index in [1.807, 2.05) is 19.1 Å². The van der Waals surface area contributed by atoms with E-state index < -0.39 is 36.3 Å². The number of dihydropyridines is 1. The van der Waals surface area contributed by atoms with Crippen LogP contribution in [-0.2, 0) is 33.4 Å². The van der Waals surface area contributed by atoms with Crippen LogP contribution in [0.2, 0.25) is 0 Å². The smallest absolute Gasteiger partial charge is 0.336 e. The Labute approximate surface area is 187 Å². The molecule has 2 N–H and O–H groups in total. The van der Waals surface area contributed by atoms with E-state index in [4.69, 9.17) is 14.2 Å². The fourth-order valence-corrected chi connectivity index (χ4v) is 3.71. The molecule has 166 valence electrons. The SMILES string of the molecule is COC(=O)C1=C(C)NC(C)=C(C(=O)OC)C1C(=O)OCC(=O)Nc1ccc(C)cc1Br. The van der Waals surface area contributed by atoms with Gasteiger partial charge in [0.2, 0.25) is 0 Å². The number of hydrogen-bond donors (Lipinski definition) is 2. The zero-order valence-corrected chi connectivity index (χ0v) is 19.3. The lowest BCUT2D eigenvalue weighted by Gasteiger charge is -2.28. The molecule has 0 saturated carbocycles. The predicted octanol–water partition coefficient (Wildman–Crippen LogP) is 2.35. The monoisotopic (exact) mass is 494 g/mol. The van der Waals surface area contributed by atoms with Crippen LogP contribution < -0.4 is 10.6 Å². The number of carbonyl (C=O) groups is 4. The molecule has 2 rings (SSSR count). The first kappa shape index (κ1) is 24.1. The van der Waals surface area contributed by atoms with Crippen LogP contribution in [0.3, 0.4) is 0 Å². The number of ether oxygens (including phenoxy) is 3. The van der Waals surface area contributed by atoms with Gasteiger partial charge in [-0.25, -0.2) is 9.59 Å². The molecule has 1 amide bonds. The number of halogens is 1. The summed E-state index contributed by atoms with van der Waals surface area (Å²) in [6, 6.07) is 5.34. The molecule has 31 heavy (non-hydrogen) atoms. The molecule has 0 fully saturated rings. The summed E-state index contributed by atoms with van der Waals surface area (Å²) in [6.45, 7) is 4.40. The Bertz CT molecular complexity index is 959. The molecular weight excluding hydrogens is 472 g/mol. The topological polar surface area (TPSA) is 120 Å². The van der Waals surface area contributed by atoms with Gasteiger partial charge in [-0.05, 0) is 54.4 Å². The number of amides is 1. The van der Waals surface area contributed by atoms with Crippen molar-refractivity contribution in [3.8, 4) is 0 Å². The minimum atomic E-state index is -1.40. The zero-order valence-electron chi connectivity index (χ0n) is 17.8. The van der Waals surface area contributed by atoms with E-state index in [1.54, 1.807) is 19.9 Å². The number of hydrogen-bond acceptors (Lipinski definition) is 8. The molecule has 1 aliphatic heterocycles. The van der Waals surface area contributed by atoms with E-state index in [9.17, 15) is 19.2 Å². The Morgan fingerprint density at radius 2 is 1.55 bits per heavy atom. The number of allylic oxidation sites excluding steroid dienone is 2. The van der Waals surface area contributed by atoms with Gasteiger partial charge < -0.3 is 24.8 Å². The molecule has 0 bridgehead atoms. The van der Waals surface area contributed by atoms with Gasteiger partial charge in [0.05, 0.1) is 31.1 Å². The average Bonchev–Trinajstić information content (AvgIpc) is 2.72. The van der Waals surface area contributed by atoms with Gasteiger partial charge in [-0.1, -0.05) is 6.07 Å². The number of nitrogens with one attached hydrogen (secondary N) is 2. The van der Waals surface area contributed by atoms with E-state index in [0.717, 1.165) is 19.8 Å². The highest BCUT2D eigenvalue weighted by molar-refractivity contribution is 9.10. The predicted molar refractivity (Wildman–Crippen MR) is 115 cm³/mol. The van der Waals surface area contributed by atoms with Gasteiger partial charge in [0.25, 0.3) is 5.91 Å². The van der Waals surface area contributed by atoms with Crippen LogP contribution in [0.25, 0.3) is 0 Å². The molecule has 0 unspecified atom stereocenters. The molecule has 9 nitrogen and oxygen atoms in total. The summed E-state index contributed by atoms with van der Waals surface area (Å²) in [7, 11) is 2.31. The standard InChI is InChI=1S/C21H23BrN2O7/c1-10-6-7-14(13(22)8-10)24-15(25)9-31-21(28)18-16(19(26)29-4)11(2)23-12(3)17(18)20(27)30-5/h6-8,18,23H,9H2,1-5H3,(H,24,25). The van der Waals surface area contributed by atoms with Crippen LogP contribution >= 0.6 is 15.9 Å². The summed E-state index contributed by atoms with van der Waals surface area (Å²) >= 11 is 3.35. The Morgan fingerprint density at radius 1 is 1.00 bits per heavy atom. The Morgan fingerprint density at radius 3 is 2.03 bits per heavy atom. The first-order valence-electron chi connectivity index (χ1n) is 9.18. The van der Waals surface area contributed by atoms with Crippen molar-refractivity contribution in [2.45, 2.75) is 20.8 Å². The Kier molecular flexibility index (Phi) is 7.98. The quantitative estimate of drug-likeness (QED) is 0.456. The number of rotatable bonds is 6. The van der Waals surface area contributed by atoms with Gasteiger partial charge in [-0.15, -0.1) is 0 Å². The Balaban J connectivity index is 2.23. The van der Waals surface area contributed by atoms with E-state index in [1.165, 1.54) is 0 Å². The minimum Gasteiger partial charge on any atom is -0.466 e. The van der Waals surface area contributed by atoms with Crippen molar-refractivity contribution in [1.82, 2.24) is 5.32 Å². The summed E-state index contributed by atoms with van der Waals surface area (Å²) in [6.07, 6.45) is 0. The van der Waals surface area contributed by atoms with Crippen molar-refractivity contribution >= 4 is 45.4 Å². The lowest BCUT2D eigenvalue weighted by atomic mass is 9.85. The molecule has 1 aromatic carbocycles. The maximum atomic E-state index is 12.9. The molecule has 0 spiro atoms. The second kappa shape index (κ2) is 10.3. The van der Waals surface area contributed by atoms with Gasteiger partial charge >= 0.3 is 17.9 Å². The third-order valence-corrected chi connectivity index (χ3v) is 5.21. The summed E-state index contributed by atoms with van der Waals surface area (Å²) < 4.78 is 15.3. The van der Waals surface area contributed by atoms with Crippen LogP contribution in [0, 0.1) is 12.8 Å². The van der Waals surface area contributed by atoms with Crippen LogP contribution in [-0.4, -0.2) is 44.6 Å². The minimum absolute atomic E-state index is 0.0970. The second-order valence-corrected chi connectivity index (χ2v) is 7.61. The molecular formula is C21H23BrN2O7. The van der Waals surface area contributed by atoms with E-state index in [-0.39, 0.29) is 11.1 Å². The highest BCUT2D eigenvalue weighted by Gasteiger charge is 2.42. The molecule has 0 atom stereocenters. The highest BCUT2D eigenvalue weighted by Crippen LogP contribution is 2.32. The van der Waals surface area contributed by atoms with Gasteiger partial charge in [-0.3, -0.25) is 9.59 Å². The van der Waals surface area contributed by atoms with Crippen molar-refractivity contribution in [2.24, 2.45) is 5.92 Å². The number of anilines is 1. The maximum Gasteiger partial charge on any atom is 0.336 e. The average molecular weight is 495 g/mol. The molecule has 0 saturated heterocycles. The first-order valence-corrected chi connectivity index (χ1v) is 9.97. The molecule has 10 heteroatoms. The molecule has 0 radical (unpaired) electrons. The largest absolute Gasteiger partial charge is 0.466 e. The van der Waals surface area contributed by atoms with Gasteiger partial charge in [0.15, 0.2) is 6.61 Å². The van der Waals surface area contributed by atoms with Crippen molar-refractivity contribution in [3.05, 3.63) is 50.8 Å². The van der Waals surface area contributed by atoms with Crippen LogP contribution in [0.1, 0.15) is 19.4 Å². The van der Waals surface area contributed by atoms with Crippen molar-refractivity contribution in [3.63, 3.8) is 0 Å². The normalized spacial score (nSPS) is 14.0. The van der Waals surface area contributed by atoms with Gasteiger partial charge in [0.1, 0.15) is 5.92 Å². The van der Waals surface area contributed by atoms with Crippen molar-refractivity contribution in [2.75, 3.05) is 26.1 Å². The number of esters is 3. The van der Waals surface area contributed by atoms with E-state index in [0.29, 0.717) is 21.6 Å². The van der Waals surface area contributed by atoms with Crippen molar-refractivity contribution < 1.29 is 33.4 Å². The van der Waals surface area contributed by atoms with Crippen LogP contribution in [0.5, 0.6) is 0 Å². The molecule has 0 aromatic heterocycles. The molecule has 1 aliphatic rings. The summed E-state index contributed by atoms with van der Waals surface area (Å²) in [5.74, 6) is -4.57. The van der Waals surface area contributed by atoms with E-state index >= 15 is 0 Å².